The summed E-state index contributed by atoms with van der Waals surface area (Å²) in [5.41, 5.74) is 7.06. The Kier molecular flexibility index (Phi) is 4.62. The first kappa shape index (κ1) is 14.5. The molecule has 1 rings (SSSR count). The highest BCUT2D eigenvalue weighted by Gasteiger charge is 2.32. The van der Waals surface area contributed by atoms with Crippen molar-refractivity contribution in [2.75, 3.05) is 0 Å². The van der Waals surface area contributed by atoms with Crippen LogP contribution in [0.2, 0.25) is 0 Å². The Labute approximate surface area is 105 Å². The van der Waals surface area contributed by atoms with E-state index in [2.05, 4.69) is 20.8 Å². The summed E-state index contributed by atoms with van der Waals surface area (Å²) in [6.45, 7) is 8.16. The van der Waals surface area contributed by atoms with Crippen molar-refractivity contribution < 1.29 is 10.2 Å². The second kappa shape index (κ2) is 5.40. The first-order chi connectivity index (χ1) is 7.71. The second-order valence-electron chi connectivity index (χ2n) is 6.45. The topological polar surface area (TPSA) is 66.5 Å². The molecular weight excluding hydrogens is 214 g/mol. The Bertz CT molecular complexity index is 289. The summed E-state index contributed by atoms with van der Waals surface area (Å²) in [5, 5.41) is 19.4. The van der Waals surface area contributed by atoms with Gasteiger partial charge in [0.1, 0.15) is 5.76 Å². The molecular formula is C14H27NO2. The lowest BCUT2D eigenvalue weighted by molar-refractivity contribution is 0.165. The molecule has 1 aliphatic carbocycles. The Morgan fingerprint density at radius 3 is 2.47 bits per heavy atom. The van der Waals surface area contributed by atoms with Gasteiger partial charge < -0.3 is 15.9 Å². The fourth-order valence-electron chi connectivity index (χ4n) is 2.56. The molecule has 0 amide bonds. The minimum absolute atomic E-state index is 0.0226. The van der Waals surface area contributed by atoms with Gasteiger partial charge in [-0.15, -0.1) is 0 Å². The van der Waals surface area contributed by atoms with E-state index in [9.17, 15) is 10.2 Å². The van der Waals surface area contributed by atoms with Crippen molar-refractivity contribution in [3.05, 3.63) is 11.3 Å². The molecule has 1 aliphatic rings. The molecule has 0 radical (unpaired) electrons. The van der Waals surface area contributed by atoms with Crippen LogP contribution >= 0.6 is 0 Å². The van der Waals surface area contributed by atoms with Crippen molar-refractivity contribution in [1.82, 2.24) is 0 Å². The van der Waals surface area contributed by atoms with Crippen LogP contribution in [-0.4, -0.2) is 22.4 Å². The highest BCUT2D eigenvalue weighted by molar-refractivity contribution is 5.22. The predicted octanol–water partition coefficient (Wildman–Crippen LogP) is 2.74. The van der Waals surface area contributed by atoms with E-state index in [1.807, 2.05) is 6.92 Å². The number of nitrogens with two attached hydrogens (primary N) is 1. The molecule has 3 atom stereocenters. The smallest absolute Gasteiger partial charge is 0.109 e. The first-order valence-electron chi connectivity index (χ1n) is 6.58. The van der Waals surface area contributed by atoms with Crippen LogP contribution < -0.4 is 5.73 Å². The first-order valence-corrected chi connectivity index (χ1v) is 6.58. The molecule has 4 N–H and O–H groups in total. The molecule has 0 spiro atoms. The van der Waals surface area contributed by atoms with Gasteiger partial charge in [0.05, 0.1) is 12.1 Å². The van der Waals surface area contributed by atoms with Gasteiger partial charge in [0.15, 0.2) is 0 Å². The van der Waals surface area contributed by atoms with Crippen molar-refractivity contribution in [3.63, 3.8) is 0 Å². The van der Waals surface area contributed by atoms with E-state index >= 15 is 0 Å². The number of aliphatic hydroxyl groups excluding tert-OH is 2. The summed E-state index contributed by atoms with van der Waals surface area (Å²) < 4.78 is 0. The van der Waals surface area contributed by atoms with Gasteiger partial charge in [0.25, 0.3) is 0 Å². The minimum atomic E-state index is -0.246. The molecule has 0 heterocycles. The molecule has 0 aromatic rings. The fourth-order valence-corrected chi connectivity index (χ4v) is 2.56. The highest BCUT2D eigenvalue weighted by atomic mass is 16.3. The molecule has 3 unspecified atom stereocenters. The standard InChI is InChI=1S/C14H27NO2/c1-9(16)5-6-10-7-11(14(2,3)4)13(17)12(15)8-10/h9-10,12,16-17H,5-8,15H2,1-4H3. The zero-order chi connectivity index (χ0) is 13.2. The van der Waals surface area contributed by atoms with Crippen LogP contribution in [0.4, 0.5) is 0 Å². The third-order valence-electron chi connectivity index (χ3n) is 3.64. The van der Waals surface area contributed by atoms with Crippen LogP contribution in [0.15, 0.2) is 11.3 Å². The van der Waals surface area contributed by atoms with Crippen molar-refractivity contribution in [1.29, 1.82) is 0 Å². The molecule has 0 saturated carbocycles. The number of rotatable bonds is 3. The van der Waals surface area contributed by atoms with Gasteiger partial charge in [-0.2, -0.15) is 0 Å². The largest absolute Gasteiger partial charge is 0.511 e. The van der Waals surface area contributed by atoms with Crippen molar-refractivity contribution >= 4 is 0 Å². The molecule has 0 aromatic carbocycles. The van der Waals surface area contributed by atoms with Crippen LogP contribution in [0.3, 0.4) is 0 Å². The van der Waals surface area contributed by atoms with Crippen molar-refractivity contribution in [2.45, 2.75) is 65.5 Å². The fraction of sp³-hybridized carbons (Fsp3) is 0.857. The third-order valence-corrected chi connectivity index (χ3v) is 3.64. The van der Waals surface area contributed by atoms with Crippen LogP contribution in [-0.2, 0) is 0 Å². The van der Waals surface area contributed by atoms with E-state index in [-0.39, 0.29) is 17.6 Å². The predicted molar refractivity (Wildman–Crippen MR) is 70.7 cm³/mol. The van der Waals surface area contributed by atoms with Gasteiger partial charge >= 0.3 is 0 Å². The van der Waals surface area contributed by atoms with Gasteiger partial charge in [-0.1, -0.05) is 20.8 Å². The van der Waals surface area contributed by atoms with E-state index in [1.165, 1.54) is 0 Å². The number of allylic oxidation sites excluding steroid dienone is 1. The van der Waals surface area contributed by atoms with Crippen molar-refractivity contribution in [3.8, 4) is 0 Å². The van der Waals surface area contributed by atoms with E-state index in [0.29, 0.717) is 11.7 Å². The zero-order valence-electron chi connectivity index (χ0n) is 11.5. The normalized spacial score (nSPS) is 28.4. The second-order valence-corrected chi connectivity index (χ2v) is 6.45. The molecule has 0 saturated heterocycles. The van der Waals surface area contributed by atoms with E-state index in [0.717, 1.165) is 31.3 Å². The SMILES string of the molecule is CC(O)CCC1CC(C(C)(C)C)=C(O)C(N)C1. The highest BCUT2D eigenvalue weighted by Crippen LogP contribution is 2.40. The van der Waals surface area contributed by atoms with Gasteiger partial charge in [-0.25, -0.2) is 0 Å². The number of hydrogen-bond donors (Lipinski definition) is 3. The average Bonchev–Trinajstić information content (AvgIpc) is 2.17. The van der Waals surface area contributed by atoms with E-state index in [1.54, 1.807) is 0 Å². The summed E-state index contributed by atoms with van der Waals surface area (Å²) >= 11 is 0. The monoisotopic (exact) mass is 241 g/mol. The molecule has 0 aliphatic heterocycles. The maximum Gasteiger partial charge on any atom is 0.109 e. The molecule has 3 heteroatoms. The van der Waals surface area contributed by atoms with Crippen LogP contribution in [0, 0.1) is 11.3 Å². The Morgan fingerprint density at radius 2 is 2.00 bits per heavy atom. The van der Waals surface area contributed by atoms with Gasteiger partial charge in [0.2, 0.25) is 0 Å². The maximum atomic E-state index is 10.1. The molecule has 17 heavy (non-hydrogen) atoms. The Morgan fingerprint density at radius 1 is 1.41 bits per heavy atom. The van der Waals surface area contributed by atoms with Crippen LogP contribution in [0.25, 0.3) is 0 Å². The van der Waals surface area contributed by atoms with E-state index in [4.69, 9.17) is 5.73 Å². The third kappa shape index (κ3) is 4.00. The Hall–Kier alpha value is -0.540. The Balaban J connectivity index is 2.73. The molecule has 0 bridgehead atoms. The number of aliphatic hydroxyl groups is 2. The lowest BCUT2D eigenvalue weighted by atomic mass is 9.73. The van der Waals surface area contributed by atoms with Crippen LogP contribution in [0.5, 0.6) is 0 Å². The van der Waals surface area contributed by atoms with E-state index < -0.39 is 0 Å². The van der Waals surface area contributed by atoms with Gasteiger partial charge in [0, 0.05) is 0 Å². The summed E-state index contributed by atoms with van der Waals surface area (Å²) in [7, 11) is 0. The zero-order valence-corrected chi connectivity index (χ0v) is 11.5. The minimum Gasteiger partial charge on any atom is -0.511 e. The maximum absolute atomic E-state index is 10.1. The molecule has 100 valence electrons. The summed E-state index contributed by atoms with van der Waals surface area (Å²) in [6, 6.07) is -0.225. The molecule has 3 nitrogen and oxygen atoms in total. The lowest BCUT2D eigenvalue weighted by Crippen LogP contribution is -2.34. The summed E-state index contributed by atoms with van der Waals surface area (Å²) in [4.78, 5) is 0. The van der Waals surface area contributed by atoms with Crippen LogP contribution in [0.1, 0.15) is 53.4 Å². The number of hydrogen-bond acceptors (Lipinski definition) is 3. The van der Waals surface area contributed by atoms with Gasteiger partial charge in [-0.05, 0) is 49.5 Å². The van der Waals surface area contributed by atoms with Crippen molar-refractivity contribution in [2.24, 2.45) is 17.1 Å². The summed E-state index contributed by atoms with van der Waals surface area (Å²) in [5.74, 6) is 0.885. The molecule has 0 fully saturated rings. The lowest BCUT2D eigenvalue weighted by Gasteiger charge is -2.35. The average molecular weight is 241 g/mol. The quantitative estimate of drug-likeness (QED) is 0.711. The summed E-state index contributed by atoms with van der Waals surface area (Å²) in [6.07, 6.45) is 3.30. The van der Waals surface area contributed by atoms with Gasteiger partial charge in [-0.3, -0.25) is 0 Å². The molecule has 0 aromatic heterocycles.